The summed E-state index contributed by atoms with van der Waals surface area (Å²) in [4.78, 5) is 0. The van der Waals surface area contributed by atoms with Crippen LogP contribution in [-0.4, -0.2) is 6.61 Å². The molecule has 1 nitrogen and oxygen atoms in total. The van der Waals surface area contributed by atoms with Crippen molar-refractivity contribution in [3.05, 3.63) is 35.6 Å². The lowest BCUT2D eigenvalue weighted by Crippen LogP contribution is -2.02. The molecule has 1 aliphatic heterocycles. The first kappa shape index (κ1) is 5.78. The summed E-state index contributed by atoms with van der Waals surface area (Å²) in [7, 11) is 0. The number of allylic oxidation sites excluding steroid dienone is 4. The lowest BCUT2D eigenvalue weighted by atomic mass is 10.0. The second-order valence-corrected chi connectivity index (χ2v) is 2.54. The second-order valence-electron chi connectivity index (χ2n) is 2.54. The Kier molecular flexibility index (Phi) is 1.35. The topological polar surface area (TPSA) is 9.23 Å². The lowest BCUT2D eigenvalue weighted by Gasteiger charge is -2.16. The molecule has 0 unspecified atom stereocenters. The number of hydrogen-bond donors (Lipinski definition) is 0. The average Bonchev–Trinajstić information content (AvgIpc) is 2.05. The molecular formula is C9H10O. The van der Waals surface area contributed by atoms with E-state index in [1.807, 2.05) is 0 Å². The van der Waals surface area contributed by atoms with Gasteiger partial charge in [0.05, 0.1) is 0 Å². The Morgan fingerprint density at radius 2 is 2.20 bits per heavy atom. The largest absolute Gasteiger partial charge is 0.489 e. The number of ether oxygens (including phenoxy) is 1. The summed E-state index contributed by atoms with van der Waals surface area (Å²) in [6.45, 7) is 0.739. The molecule has 0 saturated heterocycles. The molecule has 0 fully saturated rings. The molecule has 0 saturated carbocycles. The summed E-state index contributed by atoms with van der Waals surface area (Å²) in [5.74, 6) is 1.08. The molecule has 1 heterocycles. The van der Waals surface area contributed by atoms with Gasteiger partial charge < -0.3 is 4.74 Å². The summed E-state index contributed by atoms with van der Waals surface area (Å²) >= 11 is 0. The third kappa shape index (κ3) is 0.878. The normalized spacial score (nSPS) is 22.4. The lowest BCUT2D eigenvalue weighted by molar-refractivity contribution is 0.251. The van der Waals surface area contributed by atoms with Crippen molar-refractivity contribution in [2.75, 3.05) is 6.61 Å². The fraction of sp³-hybridized carbons (Fsp3) is 0.333. The van der Waals surface area contributed by atoms with E-state index in [-0.39, 0.29) is 0 Å². The molecule has 0 atom stereocenters. The van der Waals surface area contributed by atoms with E-state index in [1.54, 1.807) is 0 Å². The van der Waals surface area contributed by atoms with Crippen LogP contribution in [0.5, 0.6) is 0 Å². The minimum Gasteiger partial charge on any atom is -0.489 e. The van der Waals surface area contributed by atoms with E-state index < -0.39 is 0 Å². The van der Waals surface area contributed by atoms with Gasteiger partial charge >= 0.3 is 0 Å². The monoisotopic (exact) mass is 134 g/mol. The first-order valence-electron chi connectivity index (χ1n) is 3.66. The van der Waals surface area contributed by atoms with Crippen molar-refractivity contribution < 1.29 is 4.74 Å². The van der Waals surface area contributed by atoms with Crippen molar-refractivity contribution in [3.8, 4) is 0 Å². The summed E-state index contributed by atoms with van der Waals surface area (Å²) in [6, 6.07) is 0. The zero-order valence-electron chi connectivity index (χ0n) is 5.84. The number of hydrogen-bond acceptors (Lipinski definition) is 1. The zero-order chi connectivity index (χ0) is 6.81. The molecule has 0 aromatic rings. The highest BCUT2D eigenvalue weighted by molar-refractivity contribution is 5.34. The van der Waals surface area contributed by atoms with Crippen LogP contribution in [0.4, 0.5) is 0 Å². The standard InChI is InChI=1S/C9H10O/c1-2-6-9-8(4-1)5-3-7-10-9/h2-3,5-6H,1,4,7H2. The Bertz CT molecular complexity index is 197. The molecule has 52 valence electrons. The van der Waals surface area contributed by atoms with Gasteiger partial charge in [-0.2, -0.15) is 0 Å². The van der Waals surface area contributed by atoms with Gasteiger partial charge in [-0.1, -0.05) is 12.2 Å². The van der Waals surface area contributed by atoms with Crippen LogP contribution >= 0.6 is 0 Å². The molecule has 1 heteroatoms. The van der Waals surface area contributed by atoms with Crippen molar-refractivity contribution in [2.24, 2.45) is 0 Å². The van der Waals surface area contributed by atoms with Crippen LogP contribution in [0.25, 0.3) is 0 Å². The van der Waals surface area contributed by atoms with Gasteiger partial charge in [0.25, 0.3) is 0 Å². The van der Waals surface area contributed by atoms with Gasteiger partial charge in [-0.25, -0.2) is 0 Å². The first-order chi connectivity index (χ1) is 4.97. The van der Waals surface area contributed by atoms with E-state index >= 15 is 0 Å². The van der Waals surface area contributed by atoms with Gasteiger partial charge in [-0.3, -0.25) is 0 Å². The summed E-state index contributed by atoms with van der Waals surface area (Å²) < 4.78 is 5.39. The van der Waals surface area contributed by atoms with E-state index in [1.165, 1.54) is 5.57 Å². The van der Waals surface area contributed by atoms with Crippen molar-refractivity contribution in [2.45, 2.75) is 12.8 Å². The van der Waals surface area contributed by atoms with E-state index in [2.05, 4.69) is 24.3 Å². The molecule has 10 heavy (non-hydrogen) atoms. The SMILES string of the molecule is C1=CC2=C(C=CCO2)CC1. The molecule has 0 spiro atoms. The molecule has 0 aromatic heterocycles. The predicted octanol–water partition coefficient (Wildman–Crippen LogP) is 2.18. The van der Waals surface area contributed by atoms with Gasteiger partial charge in [0.2, 0.25) is 0 Å². The van der Waals surface area contributed by atoms with Gasteiger partial charge in [0.15, 0.2) is 0 Å². The van der Waals surface area contributed by atoms with Crippen molar-refractivity contribution in [1.82, 2.24) is 0 Å². The molecule has 0 N–H and O–H groups in total. The minimum absolute atomic E-state index is 0.739. The predicted molar refractivity (Wildman–Crippen MR) is 40.5 cm³/mol. The number of rotatable bonds is 0. The summed E-state index contributed by atoms with van der Waals surface area (Å²) in [5.41, 5.74) is 1.36. The van der Waals surface area contributed by atoms with Crippen LogP contribution in [-0.2, 0) is 4.74 Å². The molecule has 2 aliphatic rings. The van der Waals surface area contributed by atoms with Crippen molar-refractivity contribution >= 4 is 0 Å². The third-order valence-electron chi connectivity index (χ3n) is 1.82. The highest BCUT2D eigenvalue weighted by atomic mass is 16.5. The van der Waals surface area contributed by atoms with Crippen LogP contribution in [0.1, 0.15) is 12.8 Å². The van der Waals surface area contributed by atoms with Crippen LogP contribution in [0.2, 0.25) is 0 Å². The fourth-order valence-corrected chi connectivity index (χ4v) is 1.29. The van der Waals surface area contributed by atoms with Crippen LogP contribution in [0.15, 0.2) is 35.6 Å². The summed E-state index contributed by atoms with van der Waals surface area (Å²) in [5, 5.41) is 0. The fourth-order valence-electron chi connectivity index (χ4n) is 1.29. The molecule has 1 aliphatic carbocycles. The molecule has 0 aromatic carbocycles. The highest BCUT2D eigenvalue weighted by Gasteiger charge is 2.08. The smallest absolute Gasteiger partial charge is 0.122 e. The average molecular weight is 134 g/mol. The van der Waals surface area contributed by atoms with Gasteiger partial charge in [-0.15, -0.1) is 0 Å². The Balaban J connectivity index is 2.32. The van der Waals surface area contributed by atoms with Crippen LogP contribution < -0.4 is 0 Å². The molecular weight excluding hydrogens is 124 g/mol. The maximum Gasteiger partial charge on any atom is 0.122 e. The Hall–Kier alpha value is -0.980. The Morgan fingerprint density at radius 1 is 1.20 bits per heavy atom. The van der Waals surface area contributed by atoms with E-state index in [9.17, 15) is 0 Å². The first-order valence-corrected chi connectivity index (χ1v) is 3.66. The summed E-state index contributed by atoms with van der Waals surface area (Å²) in [6.07, 6.45) is 10.8. The molecule has 0 amide bonds. The van der Waals surface area contributed by atoms with Crippen LogP contribution in [0.3, 0.4) is 0 Å². The van der Waals surface area contributed by atoms with E-state index in [4.69, 9.17) is 4.74 Å². The highest BCUT2D eigenvalue weighted by Crippen LogP contribution is 2.23. The quantitative estimate of drug-likeness (QED) is 0.493. The van der Waals surface area contributed by atoms with Crippen LogP contribution in [0, 0.1) is 0 Å². The van der Waals surface area contributed by atoms with Crippen molar-refractivity contribution in [3.63, 3.8) is 0 Å². The van der Waals surface area contributed by atoms with Gasteiger partial charge in [0, 0.05) is 0 Å². The molecule has 2 rings (SSSR count). The molecule has 0 radical (unpaired) electrons. The van der Waals surface area contributed by atoms with E-state index in [0.717, 1.165) is 25.2 Å². The maximum absolute atomic E-state index is 5.39. The molecule has 0 bridgehead atoms. The van der Waals surface area contributed by atoms with Gasteiger partial charge in [-0.05, 0) is 30.6 Å². The second kappa shape index (κ2) is 2.33. The van der Waals surface area contributed by atoms with Crippen molar-refractivity contribution in [1.29, 1.82) is 0 Å². The van der Waals surface area contributed by atoms with E-state index in [0.29, 0.717) is 0 Å². The minimum atomic E-state index is 0.739. The Labute approximate surface area is 60.7 Å². The maximum atomic E-state index is 5.39. The third-order valence-corrected chi connectivity index (χ3v) is 1.82. The van der Waals surface area contributed by atoms with Gasteiger partial charge in [0.1, 0.15) is 12.4 Å². The Morgan fingerprint density at radius 3 is 3.10 bits per heavy atom. The zero-order valence-corrected chi connectivity index (χ0v) is 5.84.